The van der Waals surface area contributed by atoms with E-state index in [1.165, 1.54) is 12.1 Å². The summed E-state index contributed by atoms with van der Waals surface area (Å²) in [4.78, 5) is 41.0. The number of aryl methyl sites for hydroxylation is 1. The molecule has 0 heterocycles. The highest BCUT2D eigenvalue weighted by molar-refractivity contribution is 5.87. The molecule has 7 rings (SSSR count). The fraction of sp³-hybridized carbons (Fsp3) is 0.175. The van der Waals surface area contributed by atoms with Gasteiger partial charge in [0.2, 0.25) is 0 Å². The molecule has 2 N–H and O–H groups in total. The number of carboxylic acid groups (broad SMARTS) is 1. The van der Waals surface area contributed by atoms with E-state index in [4.69, 9.17) is 9.47 Å². The van der Waals surface area contributed by atoms with Crippen LogP contribution in [0.2, 0.25) is 0 Å². The summed E-state index contributed by atoms with van der Waals surface area (Å²) >= 11 is 0. The molecular formula is C40H33NO7. The number of aliphatic carboxylic acids is 1. The lowest BCUT2D eigenvalue weighted by molar-refractivity contribution is -0.151. The molecule has 0 aromatic heterocycles. The summed E-state index contributed by atoms with van der Waals surface area (Å²) in [7, 11) is 0. The molecule has 0 saturated carbocycles. The Morgan fingerprint density at radius 2 is 1.10 bits per heavy atom. The monoisotopic (exact) mass is 639 g/mol. The molecule has 240 valence electrons. The Hall–Kier alpha value is -5.89. The van der Waals surface area contributed by atoms with Crippen LogP contribution < -0.4 is 0 Å². The van der Waals surface area contributed by atoms with Gasteiger partial charge in [-0.3, -0.25) is 9.69 Å². The summed E-state index contributed by atoms with van der Waals surface area (Å²) in [6.45, 7) is 0.771. The fourth-order valence-corrected chi connectivity index (χ4v) is 7.07. The third kappa shape index (κ3) is 5.55. The van der Waals surface area contributed by atoms with Crippen molar-refractivity contribution in [3.05, 3.63) is 149 Å². The van der Waals surface area contributed by atoms with Crippen LogP contribution in [-0.2, 0) is 19.1 Å². The van der Waals surface area contributed by atoms with Gasteiger partial charge in [0.1, 0.15) is 25.5 Å². The second kappa shape index (κ2) is 12.7. The number of nitrogens with zero attached hydrogens (tertiary/aromatic N) is 1. The Balaban J connectivity index is 1.18. The first kappa shape index (κ1) is 30.7. The van der Waals surface area contributed by atoms with Gasteiger partial charge >= 0.3 is 18.0 Å². The van der Waals surface area contributed by atoms with Gasteiger partial charge in [0.25, 0.3) is 0 Å². The summed E-state index contributed by atoms with van der Waals surface area (Å²) in [6.07, 6.45) is -1.02. The van der Waals surface area contributed by atoms with Crippen molar-refractivity contribution in [1.82, 2.24) is 4.90 Å². The van der Waals surface area contributed by atoms with Crippen molar-refractivity contribution in [2.45, 2.75) is 24.8 Å². The minimum absolute atomic E-state index is 0.0348. The molecule has 1 unspecified atom stereocenters. The van der Waals surface area contributed by atoms with Crippen LogP contribution >= 0.6 is 0 Å². The molecule has 1 amide bonds. The number of phenolic OH excluding ortho intramolecular Hbond substituents is 1. The van der Waals surface area contributed by atoms with Crippen molar-refractivity contribution in [1.29, 1.82) is 0 Å². The summed E-state index contributed by atoms with van der Waals surface area (Å²) in [5.74, 6) is -3.06. The highest BCUT2D eigenvalue weighted by atomic mass is 16.6. The first-order valence-electron chi connectivity index (χ1n) is 15.8. The number of aromatic hydroxyl groups is 1. The van der Waals surface area contributed by atoms with Crippen molar-refractivity contribution in [3.8, 4) is 28.0 Å². The number of hydrogen-bond acceptors (Lipinski definition) is 6. The van der Waals surface area contributed by atoms with E-state index in [9.17, 15) is 24.6 Å². The molecule has 0 saturated heterocycles. The molecule has 0 spiro atoms. The van der Waals surface area contributed by atoms with Crippen LogP contribution in [0.15, 0.2) is 115 Å². The van der Waals surface area contributed by atoms with Gasteiger partial charge in [-0.1, -0.05) is 109 Å². The third-order valence-corrected chi connectivity index (χ3v) is 9.25. The maximum Gasteiger partial charge on any atom is 0.411 e. The number of carbonyl (C=O) groups is 3. The van der Waals surface area contributed by atoms with Crippen molar-refractivity contribution in [3.63, 3.8) is 0 Å². The van der Waals surface area contributed by atoms with E-state index >= 15 is 0 Å². The first-order chi connectivity index (χ1) is 23.3. The summed E-state index contributed by atoms with van der Waals surface area (Å²) in [6, 6.07) is 34.6. The van der Waals surface area contributed by atoms with Gasteiger partial charge in [-0.25, -0.2) is 9.59 Å². The maximum absolute atomic E-state index is 14.1. The van der Waals surface area contributed by atoms with E-state index < -0.39 is 30.6 Å². The second-order valence-corrected chi connectivity index (χ2v) is 12.1. The molecule has 2 aliphatic carbocycles. The zero-order chi connectivity index (χ0) is 33.4. The van der Waals surface area contributed by atoms with Crippen molar-refractivity contribution in [2.75, 3.05) is 19.8 Å². The second-order valence-electron chi connectivity index (χ2n) is 12.1. The van der Waals surface area contributed by atoms with Crippen LogP contribution in [0.1, 0.15) is 51.3 Å². The van der Waals surface area contributed by atoms with Crippen LogP contribution in [0.5, 0.6) is 5.75 Å². The number of carboxylic acids is 1. The quantitative estimate of drug-likeness (QED) is 0.161. The number of fused-ring (bicyclic) bond motifs is 6. The number of rotatable bonds is 9. The summed E-state index contributed by atoms with van der Waals surface area (Å²) in [5, 5.41) is 20.9. The van der Waals surface area contributed by atoms with Gasteiger partial charge in [-0.2, -0.15) is 0 Å². The van der Waals surface area contributed by atoms with E-state index in [1.807, 2.05) is 97.1 Å². The topological polar surface area (TPSA) is 113 Å². The Bertz CT molecular complexity index is 1960. The van der Waals surface area contributed by atoms with Gasteiger partial charge < -0.3 is 19.7 Å². The van der Waals surface area contributed by atoms with Crippen LogP contribution in [0.25, 0.3) is 22.3 Å². The van der Waals surface area contributed by atoms with E-state index in [-0.39, 0.29) is 36.4 Å². The lowest BCUT2D eigenvalue weighted by atomic mass is 9.98. The zero-order valence-electron chi connectivity index (χ0n) is 26.2. The first-order valence-corrected chi connectivity index (χ1v) is 15.8. The molecule has 5 aromatic rings. The number of benzene rings is 5. The normalized spacial score (nSPS) is 13.5. The van der Waals surface area contributed by atoms with Gasteiger partial charge in [0.15, 0.2) is 6.04 Å². The molecule has 8 nitrogen and oxygen atoms in total. The van der Waals surface area contributed by atoms with E-state index in [1.54, 1.807) is 13.0 Å². The predicted molar refractivity (Wildman–Crippen MR) is 180 cm³/mol. The Morgan fingerprint density at radius 1 is 0.667 bits per heavy atom. The minimum atomic E-state index is -1.59. The third-order valence-electron chi connectivity index (χ3n) is 9.25. The van der Waals surface area contributed by atoms with Crippen molar-refractivity contribution in [2.24, 2.45) is 0 Å². The summed E-state index contributed by atoms with van der Waals surface area (Å²) < 4.78 is 11.8. The average molecular weight is 640 g/mol. The van der Waals surface area contributed by atoms with Crippen LogP contribution in [-0.4, -0.2) is 52.9 Å². The molecule has 8 heteroatoms. The molecule has 0 radical (unpaired) electrons. The van der Waals surface area contributed by atoms with Crippen LogP contribution in [0, 0.1) is 6.92 Å². The predicted octanol–water partition coefficient (Wildman–Crippen LogP) is 7.43. The Kier molecular flexibility index (Phi) is 8.15. The highest BCUT2D eigenvalue weighted by Gasteiger charge is 2.39. The summed E-state index contributed by atoms with van der Waals surface area (Å²) in [5.41, 5.74) is 8.90. The van der Waals surface area contributed by atoms with Crippen molar-refractivity contribution >= 4 is 18.0 Å². The van der Waals surface area contributed by atoms with Gasteiger partial charge in [0.05, 0.1) is 0 Å². The molecule has 5 aromatic carbocycles. The molecule has 0 bridgehead atoms. The van der Waals surface area contributed by atoms with E-state index in [2.05, 4.69) is 0 Å². The molecule has 0 fully saturated rings. The number of ether oxygens (including phenoxy) is 2. The highest BCUT2D eigenvalue weighted by Crippen LogP contribution is 2.46. The maximum atomic E-state index is 14.1. The lowest BCUT2D eigenvalue weighted by Crippen LogP contribution is -2.43. The standard InChI is InChI=1S/C40H33NO7/c1-24-18-19-33(36(42)20-24)38(39(45)47-22-34-29-14-6-2-10-25(29)26-11-3-7-15-30(26)34)41(21-37(43)44)40(46)48-23-35-31-16-8-4-12-27(31)28-13-5-9-17-32(28)35/h2-20,34-35,38,42H,21-23H2,1H3,(H,43,44). The molecule has 2 aliphatic rings. The number of hydrogen-bond donors (Lipinski definition) is 2. The number of carbonyl (C=O) groups excluding carboxylic acids is 2. The minimum Gasteiger partial charge on any atom is -0.508 e. The average Bonchev–Trinajstić information content (AvgIpc) is 3.59. The SMILES string of the molecule is Cc1ccc(C(C(=O)OCC2c3ccccc3-c3ccccc32)N(CC(=O)O)C(=O)OCC2c3ccccc3-c3ccccc32)c(O)c1. The van der Waals surface area contributed by atoms with Crippen LogP contribution in [0.3, 0.4) is 0 Å². The van der Waals surface area contributed by atoms with E-state index in [0.717, 1.165) is 49.4 Å². The number of phenols is 1. The van der Waals surface area contributed by atoms with Gasteiger partial charge in [-0.05, 0) is 63.1 Å². The fourth-order valence-electron chi connectivity index (χ4n) is 7.07. The molecule has 0 aliphatic heterocycles. The zero-order valence-corrected chi connectivity index (χ0v) is 26.2. The smallest absolute Gasteiger partial charge is 0.411 e. The van der Waals surface area contributed by atoms with Gasteiger partial charge in [-0.15, -0.1) is 0 Å². The van der Waals surface area contributed by atoms with Crippen LogP contribution in [0.4, 0.5) is 4.79 Å². The van der Waals surface area contributed by atoms with E-state index in [0.29, 0.717) is 5.56 Å². The largest absolute Gasteiger partial charge is 0.508 e. The van der Waals surface area contributed by atoms with Crippen molar-refractivity contribution < 1.29 is 34.1 Å². The Labute approximate surface area is 277 Å². The molecular weight excluding hydrogens is 606 g/mol. The molecule has 1 atom stereocenters. The molecule has 48 heavy (non-hydrogen) atoms. The van der Waals surface area contributed by atoms with Gasteiger partial charge in [0, 0.05) is 17.4 Å². The Morgan fingerprint density at radius 3 is 1.54 bits per heavy atom. The number of amides is 1. The number of esters is 1. The lowest BCUT2D eigenvalue weighted by Gasteiger charge is -2.30.